The summed E-state index contributed by atoms with van der Waals surface area (Å²) in [4.78, 5) is 11.4. The minimum Gasteiger partial charge on any atom is -0.326 e. The van der Waals surface area contributed by atoms with E-state index in [0.29, 0.717) is 10.6 Å². The molecule has 1 rings (SSSR count). The van der Waals surface area contributed by atoms with Crippen LogP contribution in [0, 0.1) is 17.2 Å². The topological polar surface area (TPSA) is 52.9 Å². The number of nitrogens with one attached hydrogen (secondary N) is 1. The van der Waals surface area contributed by atoms with Gasteiger partial charge in [-0.15, -0.1) is 11.8 Å². The van der Waals surface area contributed by atoms with Crippen molar-refractivity contribution >= 4 is 23.4 Å². The predicted octanol–water partition coefficient (Wildman–Crippen LogP) is 3.44. The lowest BCUT2D eigenvalue weighted by Gasteiger charge is -2.12. The number of nitriles is 1. The van der Waals surface area contributed by atoms with Crippen molar-refractivity contribution in [2.75, 3.05) is 11.1 Å². The highest BCUT2D eigenvalue weighted by atomic mass is 32.2. The Morgan fingerprint density at radius 3 is 2.42 bits per heavy atom. The van der Waals surface area contributed by atoms with Crippen molar-refractivity contribution in [2.24, 2.45) is 5.92 Å². The third-order valence-electron chi connectivity index (χ3n) is 2.14. The summed E-state index contributed by atoms with van der Waals surface area (Å²) >= 11 is 0.952. The van der Waals surface area contributed by atoms with Gasteiger partial charge in [-0.05, 0) is 24.3 Å². The van der Waals surface area contributed by atoms with Crippen molar-refractivity contribution in [1.29, 1.82) is 5.26 Å². The van der Waals surface area contributed by atoms with E-state index < -0.39 is 12.1 Å². The van der Waals surface area contributed by atoms with Gasteiger partial charge in [0, 0.05) is 23.3 Å². The molecule has 1 unspecified atom stereocenters. The highest BCUT2D eigenvalue weighted by Crippen LogP contribution is 2.31. The lowest BCUT2D eigenvalue weighted by Crippen LogP contribution is -2.23. The lowest BCUT2D eigenvalue weighted by atomic mass is 10.2. The van der Waals surface area contributed by atoms with Gasteiger partial charge in [0.1, 0.15) is 0 Å². The maximum absolute atomic E-state index is 12.3. The van der Waals surface area contributed by atoms with Crippen molar-refractivity contribution in [3.8, 4) is 6.07 Å². The number of nitrogens with zero attached hydrogens (tertiary/aromatic N) is 1. The summed E-state index contributed by atoms with van der Waals surface area (Å²) in [7, 11) is 0. The van der Waals surface area contributed by atoms with Gasteiger partial charge in [-0.2, -0.15) is 18.4 Å². The molecule has 1 aromatic rings. The molecule has 0 saturated heterocycles. The number of halogens is 3. The quantitative estimate of drug-likeness (QED) is 0.863. The number of carbonyl (C=O) groups is 1. The Morgan fingerprint density at radius 1 is 1.42 bits per heavy atom. The zero-order chi connectivity index (χ0) is 14.5. The van der Waals surface area contributed by atoms with Crippen LogP contribution in [0.4, 0.5) is 18.9 Å². The molecule has 0 radical (unpaired) electrons. The number of thioether (sulfide) groups is 1. The fourth-order valence-electron chi connectivity index (χ4n) is 1.22. The van der Waals surface area contributed by atoms with Crippen LogP contribution in [0.3, 0.4) is 0 Å². The zero-order valence-electron chi connectivity index (χ0n) is 9.99. The molecule has 3 nitrogen and oxygen atoms in total. The van der Waals surface area contributed by atoms with E-state index in [1.807, 2.05) is 0 Å². The Hall–Kier alpha value is -1.68. The largest absolute Gasteiger partial charge is 0.405 e. The number of benzene rings is 1. The molecule has 0 saturated carbocycles. The first-order valence-electron chi connectivity index (χ1n) is 5.29. The van der Waals surface area contributed by atoms with E-state index in [-0.39, 0.29) is 11.7 Å². The monoisotopic (exact) mass is 288 g/mol. The highest BCUT2D eigenvalue weighted by molar-refractivity contribution is 7.99. The summed E-state index contributed by atoms with van der Waals surface area (Å²) in [6.45, 7) is 1.36. The van der Waals surface area contributed by atoms with E-state index in [9.17, 15) is 18.0 Å². The van der Waals surface area contributed by atoms with Crippen LogP contribution in [0.15, 0.2) is 29.2 Å². The summed E-state index contributed by atoms with van der Waals surface area (Å²) in [5, 5.41) is 11.0. The van der Waals surface area contributed by atoms with E-state index in [4.69, 9.17) is 5.26 Å². The third-order valence-corrected chi connectivity index (χ3v) is 3.25. The molecule has 19 heavy (non-hydrogen) atoms. The molecule has 0 aliphatic carbocycles. The molecule has 1 aromatic carbocycles. The lowest BCUT2D eigenvalue weighted by molar-refractivity contribution is -0.152. The SMILES string of the molecule is CC(=O)Nc1ccc(SCC(C#N)C(F)(F)F)cc1. The Labute approximate surface area is 112 Å². The summed E-state index contributed by atoms with van der Waals surface area (Å²) in [5.41, 5.74) is 0.574. The van der Waals surface area contributed by atoms with E-state index in [2.05, 4.69) is 5.32 Å². The molecule has 102 valence electrons. The van der Waals surface area contributed by atoms with Gasteiger partial charge < -0.3 is 5.32 Å². The van der Waals surface area contributed by atoms with Gasteiger partial charge in [0.05, 0.1) is 6.07 Å². The number of anilines is 1. The molecule has 0 spiro atoms. The van der Waals surface area contributed by atoms with Crippen molar-refractivity contribution in [3.63, 3.8) is 0 Å². The predicted molar refractivity (Wildman–Crippen MR) is 66.6 cm³/mol. The third kappa shape index (κ3) is 5.22. The van der Waals surface area contributed by atoms with Crippen molar-refractivity contribution in [2.45, 2.75) is 18.0 Å². The van der Waals surface area contributed by atoms with Crippen LogP contribution < -0.4 is 5.32 Å². The second-order valence-corrected chi connectivity index (χ2v) is 4.83. The number of carbonyl (C=O) groups excluding carboxylic acids is 1. The minimum absolute atomic E-state index is 0.220. The summed E-state index contributed by atoms with van der Waals surface area (Å²) in [6, 6.07) is 7.63. The molecule has 0 aromatic heterocycles. The molecular weight excluding hydrogens is 277 g/mol. The van der Waals surface area contributed by atoms with Crippen LogP contribution in [0.5, 0.6) is 0 Å². The average Bonchev–Trinajstić information content (AvgIpc) is 2.29. The molecule has 0 aliphatic heterocycles. The molecular formula is C12H11F3N2OS. The van der Waals surface area contributed by atoms with Gasteiger partial charge in [0.15, 0.2) is 5.92 Å². The van der Waals surface area contributed by atoms with Crippen molar-refractivity contribution in [1.82, 2.24) is 0 Å². The van der Waals surface area contributed by atoms with Gasteiger partial charge in [-0.25, -0.2) is 0 Å². The van der Waals surface area contributed by atoms with Crippen LogP contribution in [0.1, 0.15) is 6.92 Å². The molecule has 7 heteroatoms. The smallest absolute Gasteiger partial charge is 0.326 e. The molecule has 0 fully saturated rings. The van der Waals surface area contributed by atoms with Crippen LogP contribution in [-0.4, -0.2) is 17.8 Å². The Kier molecular flexibility index (Phi) is 5.24. The van der Waals surface area contributed by atoms with Gasteiger partial charge in [-0.1, -0.05) is 0 Å². The second-order valence-electron chi connectivity index (χ2n) is 3.74. The first kappa shape index (κ1) is 15.4. The Morgan fingerprint density at radius 2 is 2.00 bits per heavy atom. The molecule has 1 N–H and O–H groups in total. The van der Waals surface area contributed by atoms with E-state index >= 15 is 0 Å². The Bertz CT molecular complexity index is 479. The highest BCUT2D eigenvalue weighted by Gasteiger charge is 2.39. The summed E-state index contributed by atoms with van der Waals surface area (Å²) in [6.07, 6.45) is -4.50. The maximum atomic E-state index is 12.3. The maximum Gasteiger partial charge on any atom is 0.405 e. The number of amides is 1. The van der Waals surface area contributed by atoms with Crippen LogP contribution >= 0.6 is 11.8 Å². The second kappa shape index (κ2) is 6.48. The van der Waals surface area contributed by atoms with Gasteiger partial charge in [0.2, 0.25) is 5.91 Å². The van der Waals surface area contributed by atoms with Gasteiger partial charge in [-0.3, -0.25) is 4.79 Å². The van der Waals surface area contributed by atoms with Crippen molar-refractivity contribution in [3.05, 3.63) is 24.3 Å². The number of hydrogen-bond donors (Lipinski definition) is 1. The molecule has 0 heterocycles. The van der Waals surface area contributed by atoms with E-state index in [0.717, 1.165) is 11.8 Å². The number of hydrogen-bond acceptors (Lipinski definition) is 3. The molecule has 0 aliphatic rings. The normalized spacial score (nSPS) is 12.6. The number of alkyl halides is 3. The summed E-state index contributed by atoms with van der Waals surface area (Å²) in [5.74, 6) is -2.55. The van der Waals surface area contributed by atoms with Gasteiger partial charge >= 0.3 is 6.18 Å². The molecule has 0 bridgehead atoms. The average molecular weight is 288 g/mol. The fourth-order valence-corrected chi connectivity index (χ4v) is 2.17. The molecule has 1 amide bonds. The summed E-state index contributed by atoms with van der Waals surface area (Å²) < 4.78 is 37.0. The zero-order valence-corrected chi connectivity index (χ0v) is 10.8. The van der Waals surface area contributed by atoms with Crippen LogP contribution in [0.25, 0.3) is 0 Å². The molecule has 1 atom stereocenters. The minimum atomic E-state index is -4.50. The van der Waals surface area contributed by atoms with Crippen molar-refractivity contribution < 1.29 is 18.0 Å². The van der Waals surface area contributed by atoms with E-state index in [1.54, 1.807) is 24.3 Å². The first-order chi connectivity index (χ1) is 8.82. The Balaban J connectivity index is 2.59. The van der Waals surface area contributed by atoms with Crippen LogP contribution in [-0.2, 0) is 4.79 Å². The standard InChI is InChI=1S/C12H11F3N2OS/c1-8(18)17-10-2-4-11(5-3-10)19-7-9(6-16)12(13,14)15/h2-5,9H,7H2,1H3,(H,17,18). The van der Waals surface area contributed by atoms with Crippen LogP contribution in [0.2, 0.25) is 0 Å². The van der Waals surface area contributed by atoms with E-state index in [1.165, 1.54) is 13.0 Å². The first-order valence-corrected chi connectivity index (χ1v) is 6.28. The fraction of sp³-hybridized carbons (Fsp3) is 0.333. The number of rotatable bonds is 4. The van der Waals surface area contributed by atoms with Gasteiger partial charge in [0.25, 0.3) is 0 Å².